The number of nitrogens with two attached hydrogens (primary N) is 1. The minimum absolute atomic E-state index is 0.239. The highest BCUT2D eigenvalue weighted by molar-refractivity contribution is 6.30. The van der Waals surface area contributed by atoms with E-state index in [1.54, 1.807) is 18.2 Å². The number of anilines is 2. The van der Waals surface area contributed by atoms with Crippen molar-refractivity contribution in [3.05, 3.63) is 95.5 Å². The van der Waals surface area contributed by atoms with Crippen LogP contribution in [0.1, 0.15) is 5.56 Å². The van der Waals surface area contributed by atoms with Crippen LogP contribution < -0.4 is 11.1 Å². The number of nitrogens with zero attached hydrogens (tertiary/aromatic N) is 1. The van der Waals surface area contributed by atoms with Crippen molar-refractivity contribution in [2.75, 3.05) is 11.1 Å². The molecule has 0 saturated carbocycles. The zero-order chi connectivity index (χ0) is 20.2. The molecule has 3 aromatic carbocycles. The fourth-order valence-corrected chi connectivity index (χ4v) is 3.25. The van der Waals surface area contributed by atoms with E-state index < -0.39 is 0 Å². The molecule has 0 spiro atoms. The number of fused-ring (bicyclic) bond motifs is 1. The summed E-state index contributed by atoms with van der Waals surface area (Å²) in [6, 6.07) is 24.5. The fraction of sp³-hybridized carbons (Fsp3) is 0. The van der Waals surface area contributed by atoms with E-state index in [0.717, 1.165) is 27.7 Å². The first-order valence-electron chi connectivity index (χ1n) is 9.09. The van der Waals surface area contributed by atoms with Crippen LogP contribution in [0.5, 0.6) is 0 Å². The molecule has 5 heteroatoms. The highest BCUT2D eigenvalue weighted by Crippen LogP contribution is 2.28. The molecular formula is C24H18ClN3O. The Morgan fingerprint density at radius 2 is 1.79 bits per heavy atom. The Kier molecular flexibility index (Phi) is 5.27. The monoisotopic (exact) mass is 399 g/mol. The maximum Gasteiger partial charge on any atom is 0.248 e. The average Bonchev–Trinajstić information content (AvgIpc) is 2.73. The number of carbonyl (C=O) groups is 1. The summed E-state index contributed by atoms with van der Waals surface area (Å²) < 4.78 is 0. The Morgan fingerprint density at radius 3 is 2.59 bits per heavy atom. The molecule has 0 atom stereocenters. The third-order valence-electron chi connectivity index (χ3n) is 4.45. The number of benzene rings is 3. The molecule has 0 radical (unpaired) electrons. The quantitative estimate of drug-likeness (QED) is 0.427. The number of halogens is 1. The lowest BCUT2D eigenvalue weighted by Crippen LogP contribution is -2.07. The molecule has 1 heterocycles. The highest BCUT2D eigenvalue weighted by atomic mass is 35.5. The van der Waals surface area contributed by atoms with Gasteiger partial charge in [-0.2, -0.15) is 0 Å². The zero-order valence-corrected chi connectivity index (χ0v) is 16.2. The summed E-state index contributed by atoms with van der Waals surface area (Å²) in [5, 5.41) is 4.27. The van der Waals surface area contributed by atoms with Crippen molar-refractivity contribution < 1.29 is 4.79 Å². The first-order chi connectivity index (χ1) is 14.1. The third kappa shape index (κ3) is 4.45. The fourth-order valence-electron chi connectivity index (χ4n) is 3.05. The van der Waals surface area contributed by atoms with Gasteiger partial charge in [0.2, 0.25) is 5.91 Å². The van der Waals surface area contributed by atoms with Crippen molar-refractivity contribution in [2.45, 2.75) is 0 Å². The summed E-state index contributed by atoms with van der Waals surface area (Å²) in [5.41, 5.74) is 11.0. The van der Waals surface area contributed by atoms with Gasteiger partial charge in [-0.3, -0.25) is 4.79 Å². The largest absolute Gasteiger partial charge is 0.398 e. The van der Waals surface area contributed by atoms with Crippen LogP contribution >= 0.6 is 11.6 Å². The van der Waals surface area contributed by atoms with Crippen molar-refractivity contribution in [1.29, 1.82) is 0 Å². The van der Waals surface area contributed by atoms with E-state index in [-0.39, 0.29) is 5.91 Å². The van der Waals surface area contributed by atoms with Crippen LogP contribution in [-0.2, 0) is 4.79 Å². The van der Waals surface area contributed by atoms with E-state index in [2.05, 4.69) is 5.32 Å². The Balaban J connectivity index is 1.56. The maximum absolute atomic E-state index is 12.3. The number of hydrogen-bond acceptors (Lipinski definition) is 3. The van der Waals surface area contributed by atoms with Gasteiger partial charge in [0.15, 0.2) is 0 Å². The second-order valence-electron chi connectivity index (χ2n) is 6.57. The van der Waals surface area contributed by atoms with E-state index >= 15 is 0 Å². The highest BCUT2D eigenvalue weighted by Gasteiger charge is 2.07. The Hall–Kier alpha value is -3.63. The van der Waals surface area contributed by atoms with E-state index in [1.165, 1.54) is 6.08 Å². The van der Waals surface area contributed by atoms with Crippen molar-refractivity contribution in [1.82, 2.24) is 4.98 Å². The molecule has 0 aliphatic rings. The number of pyridine rings is 1. The molecule has 1 aromatic heterocycles. The van der Waals surface area contributed by atoms with E-state index in [9.17, 15) is 4.79 Å². The third-order valence-corrected chi connectivity index (χ3v) is 4.69. The molecule has 3 N–H and O–H groups in total. The van der Waals surface area contributed by atoms with Gasteiger partial charge < -0.3 is 11.1 Å². The normalized spacial score (nSPS) is 11.1. The van der Waals surface area contributed by atoms with E-state index in [1.807, 2.05) is 66.7 Å². The molecule has 4 rings (SSSR count). The predicted molar refractivity (Wildman–Crippen MR) is 121 cm³/mol. The number of hydrogen-bond donors (Lipinski definition) is 2. The second-order valence-corrected chi connectivity index (χ2v) is 7.01. The van der Waals surface area contributed by atoms with Gasteiger partial charge in [-0.1, -0.05) is 54.1 Å². The SMILES string of the molecule is Nc1cc(-c2ccccc2)nc2ccc(NC(=O)C=Cc3cccc(Cl)c3)cc12. The van der Waals surface area contributed by atoms with Crippen LogP contribution in [0.4, 0.5) is 11.4 Å². The van der Waals surface area contributed by atoms with Gasteiger partial charge >= 0.3 is 0 Å². The van der Waals surface area contributed by atoms with E-state index in [0.29, 0.717) is 16.4 Å². The van der Waals surface area contributed by atoms with Gasteiger partial charge in [0.05, 0.1) is 11.2 Å². The number of nitrogens with one attached hydrogen (secondary N) is 1. The summed E-state index contributed by atoms with van der Waals surface area (Å²) >= 11 is 5.96. The Morgan fingerprint density at radius 1 is 0.966 bits per heavy atom. The molecule has 0 aliphatic heterocycles. The molecule has 4 nitrogen and oxygen atoms in total. The van der Waals surface area contributed by atoms with Gasteiger partial charge in [-0.25, -0.2) is 4.98 Å². The summed E-state index contributed by atoms with van der Waals surface area (Å²) in [6.45, 7) is 0. The Labute approximate surface area is 173 Å². The predicted octanol–water partition coefficient (Wildman–Crippen LogP) is 5.79. The van der Waals surface area contributed by atoms with E-state index in [4.69, 9.17) is 22.3 Å². The molecule has 1 amide bonds. The van der Waals surface area contributed by atoms with Crippen LogP contribution in [0.3, 0.4) is 0 Å². The Bertz CT molecular complexity index is 1220. The van der Waals surface area contributed by atoms with Crippen LogP contribution in [0, 0.1) is 0 Å². The molecule has 0 unspecified atom stereocenters. The van der Waals surface area contributed by atoms with Crippen LogP contribution in [0.15, 0.2) is 84.9 Å². The minimum Gasteiger partial charge on any atom is -0.398 e. The summed E-state index contributed by atoms with van der Waals surface area (Å²) in [4.78, 5) is 16.9. The van der Waals surface area contributed by atoms with Crippen LogP contribution in [0.25, 0.3) is 28.2 Å². The summed E-state index contributed by atoms with van der Waals surface area (Å²) in [5.74, 6) is -0.239. The van der Waals surface area contributed by atoms with Crippen molar-refractivity contribution in [3.8, 4) is 11.3 Å². The molecule has 142 valence electrons. The number of aromatic nitrogens is 1. The number of amides is 1. The van der Waals surface area contributed by atoms with Gasteiger partial charge in [0.1, 0.15) is 0 Å². The minimum atomic E-state index is -0.239. The van der Waals surface area contributed by atoms with Crippen molar-refractivity contribution in [2.24, 2.45) is 0 Å². The molecule has 29 heavy (non-hydrogen) atoms. The van der Waals surface area contributed by atoms with Crippen LogP contribution in [0.2, 0.25) is 5.02 Å². The lowest BCUT2D eigenvalue weighted by Gasteiger charge is -2.09. The standard InChI is InChI=1S/C24H18ClN3O/c25-18-8-4-5-16(13-18)9-12-24(29)27-19-10-11-22-20(14-19)21(26)15-23(28-22)17-6-2-1-3-7-17/h1-15H,(H2,26,28)(H,27,29). The second kappa shape index (κ2) is 8.17. The molecule has 0 fully saturated rings. The first-order valence-corrected chi connectivity index (χ1v) is 9.47. The zero-order valence-electron chi connectivity index (χ0n) is 15.5. The van der Waals surface area contributed by atoms with Crippen molar-refractivity contribution >= 4 is 45.9 Å². The van der Waals surface area contributed by atoms with Gasteiger partial charge in [0.25, 0.3) is 0 Å². The molecule has 4 aromatic rings. The van der Waals surface area contributed by atoms with Crippen molar-refractivity contribution in [3.63, 3.8) is 0 Å². The summed E-state index contributed by atoms with van der Waals surface area (Å²) in [7, 11) is 0. The topological polar surface area (TPSA) is 68.0 Å². The maximum atomic E-state index is 12.3. The lowest BCUT2D eigenvalue weighted by molar-refractivity contribution is -0.111. The molecule has 0 saturated heterocycles. The number of nitrogen functional groups attached to an aromatic ring is 1. The lowest BCUT2D eigenvalue weighted by atomic mass is 10.1. The molecular weight excluding hydrogens is 382 g/mol. The number of carbonyl (C=O) groups excluding carboxylic acids is 1. The van der Waals surface area contributed by atoms with Gasteiger partial charge in [0, 0.05) is 33.4 Å². The van der Waals surface area contributed by atoms with Gasteiger partial charge in [-0.15, -0.1) is 0 Å². The van der Waals surface area contributed by atoms with Crippen LogP contribution in [-0.4, -0.2) is 10.9 Å². The average molecular weight is 400 g/mol. The smallest absolute Gasteiger partial charge is 0.248 e. The first kappa shape index (κ1) is 18.7. The molecule has 0 aliphatic carbocycles. The molecule has 0 bridgehead atoms. The van der Waals surface area contributed by atoms with Gasteiger partial charge in [-0.05, 0) is 48.0 Å². The summed E-state index contributed by atoms with van der Waals surface area (Å²) in [6.07, 6.45) is 3.18. The number of rotatable bonds is 4.